The van der Waals surface area contributed by atoms with Crippen LogP contribution in [0.3, 0.4) is 0 Å². The van der Waals surface area contributed by atoms with E-state index in [-0.39, 0.29) is 4.90 Å². The van der Waals surface area contributed by atoms with Gasteiger partial charge in [0.2, 0.25) is 0 Å². The number of esters is 1. The standard InChI is InChI=1S/C22H20N2O4S/c1-16-7-13-20(14-8-16)29(26,27)24-23-15-18-9-11-19(12-10-18)28-22(25)21-6-4-3-5-17(21)2/h3-15,24H,1-2H3/b23-15+. The van der Waals surface area contributed by atoms with Crippen LogP contribution in [0.4, 0.5) is 0 Å². The summed E-state index contributed by atoms with van der Waals surface area (Å²) < 4.78 is 29.7. The first kappa shape index (κ1) is 20.3. The van der Waals surface area contributed by atoms with E-state index in [9.17, 15) is 13.2 Å². The predicted octanol–water partition coefficient (Wildman–Crippen LogP) is 3.84. The van der Waals surface area contributed by atoms with Crippen molar-refractivity contribution in [1.82, 2.24) is 4.83 Å². The SMILES string of the molecule is Cc1ccc(S(=O)(=O)N/N=C/c2ccc(OC(=O)c3ccccc3C)cc2)cc1. The van der Waals surface area contributed by atoms with Gasteiger partial charge in [-0.15, -0.1) is 0 Å². The number of carbonyl (C=O) groups excluding carboxylic acids is 1. The molecule has 0 unspecified atom stereocenters. The average Bonchev–Trinajstić information content (AvgIpc) is 2.70. The normalized spacial score (nSPS) is 11.4. The van der Waals surface area contributed by atoms with Gasteiger partial charge < -0.3 is 4.74 Å². The Balaban J connectivity index is 1.62. The second-order valence-electron chi connectivity index (χ2n) is 6.44. The molecule has 0 bridgehead atoms. The minimum Gasteiger partial charge on any atom is -0.423 e. The molecule has 0 aromatic heterocycles. The van der Waals surface area contributed by atoms with E-state index in [0.717, 1.165) is 11.1 Å². The van der Waals surface area contributed by atoms with Crippen molar-refractivity contribution in [1.29, 1.82) is 0 Å². The molecular weight excluding hydrogens is 388 g/mol. The van der Waals surface area contributed by atoms with Crippen molar-refractivity contribution >= 4 is 22.2 Å². The molecule has 0 spiro atoms. The Morgan fingerprint density at radius 2 is 1.59 bits per heavy atom. The number of nitrogens with zero attached hydrogens (tertiary/aromatic N) is 1. The minimum absolute atomic E-state index is 0.138. The van der Waals surface area contributed by atoms with Gasteiger partial charge in [-0.3, -0.25) is 0 Å². The lowest BCUT2D eigenvalue weighted by Gasteiger charge is -2.07. The summed E-state index contributed by atoms with van der Waals surface area (Å²) in [4.78, 5) is 14.5. The van der Waals surface area contributed by atoms with Gasteiger partial charge in [0, 0.05) is 0 Å². The van der Waals surface area contributed by atoms with Crippen LogP contribution in [0.15, 0.2) is 82.8 Å². The van der Waals surface area contributed by atoms with Gasteiger partial charge in [0.25, 0.3) is 10.0 Å². The molecule has 0 saturated carbocycles. The summed E-state index contributed by atoms with van der Waals surface area (Å²) in [6, 6.07) is 20.2. The molecule has 3 aromatic carbocycles. The van der Waals surface area contributed by atoms with E-state index in [4.69, 9.17) is 4.74 Å². The van der Waals surface area contributed by atoms with Gasteiger partial charge >= 0.3 is 5.97 Å². The van der Waals surface area contributed by atoms with Crippen LogP contribution in [0, 0.1) is 13.8 Å². The zero-order chi connectivity index (χ0) is 20.9. The number of ether oxygens (including phenoxy) is 1. The van der Waals surface area contributed by atoms with Crippen molar-refractivity contribution in [2.75, 3.05) is 0 Å². The molecule has 29 heavy (non-hydrogen) atoms. The third kappa shape index (κ3) is 5.30. The molecular formula is C22H20N2O4S. The zero-order valence-corrected chi connectivity index (χ0v) is 16.8. The quantitative estimate of drug-likeness (QED) is 0.291. The predicted molar refractivity (Wildman–Crippen MR) is 112 cm³/mol. The summed E-state index contributed by atoms with van der Waals surface area (Å²) in [5, 5.41) is 3.79. The molecule has 148 valence electrons. The molecule has 0 atom stereocenters. The van der Waals surface area contributed by atoms with E-state index in [0.29, 0.717) is 16.9 Å². The van der Waals surface area contributed by atoms with Crippen molar-refractivity contribution < 1.29 is 17.9 Å². The number of benzene rings is 3. The molecule has 3 aromatic rings. The van der Waals surface area contributed by atoms with Crippen LogP contribution in [-0.4, -0.2) is 20.6 Å². The number of sulfonamides is 1. The molecule has 0 aliphatic carbocycles. The van der Waals surface area contributed by atoms with Gasteiger partial charge in [-0.25, -0.2) is 9.63 Å². The maximum atomic E-state index is 12.2. The number of carbonyl (C=O) groups is 1. The van der Waals surface area contributed by atoms with Gasteiger partial charge in [-0.1, -0.05) is 35.9 Å². The van der Waals surface area contributed by atoms with E-state index in [2.05, 4.69) is 9.93 Å². The monoisotopic (exact) mass is 408 g/mol. The lowest BCUT2D eigenvalue weighted by atomic mass is 10.1. The molecule has 0 radical (unpaired) electrons. The highest BCUT2D eigenvalue weighted by Gasteiger charge is 2.12. The fourth-order valence-corrected chi connectivity index (χ4v) is 3.32. The minimum atomic E-state index is -3.72. The number of hydrogen-bond donors (Lipinski definition) is 1. The van der Waals surface area contributed by atoms with Crippen molar-refractivity contribution in [3.63, 3.8) is 0 Å². The summed E-state index contributed by atoms with van der Waals surface area (Å²) in [5.41, 5.74) is 2.95. The third-order valence-electron chi connectivity index (χ3n) is 4.17. The molecule has 0 amide bonds. The zero-order valence-electron chi connectivity index (χ0n) is 16.0. The van der Waals surface area contributed by atoms with E-state index >= 15 is 0 Å². The molecule has 6 nitrogen and oxygen atoms in total. The Morgan fingerprint density at radius 3 is 2.24 bits per heavy atom. The molecule has 0 heterocycles. The fourth-order valence-electron chi connectivity index (χ4n) is 2.53. The number of rotatable bonds is 6. The van der Waals surface area contributed by atoms with Gasteiger partial charge in [0.15, 0.2) is 0 Å². The summed E-state index contributed by atoms with van der Waals surface area (Å²) >= 11 is 0. The van der Waals surface area contributed by atoms with Gasteiger partial charge in [-0.05, 0) is 67.4 Å². The number of nitrogens with one attached hydrogen (secondary N) is 1. The van der Waals surface area contributed by atoms with Crippen molar-refractivity contribution in [2.45, 2.75) is 18.7 Å². The summed E-state index contributed by atoms with van der Waals surface area (Å²) in [7, 11) is -3.72. The second-order valence-corrected chi connectivity index (χ2v) is 8.10. The summed E-state index contributed by atoms with van der Waals surface area (Å²) in [5.74, 6) is -0.0500. The Kier molecular flexibility index (Phi) is 6.09. The molecule has 0 aliphatic rings. The average molecular weight is 408 g/mol. The maximum absolute atomic E-state index is 12.2. The van der Waals surface area contributed by atoms with E-state index in [1.165, 1.54) is 18.3 Å². The van der Waals surface area contributed by atoms with Gasteiger partial charge in [0.1, 0.15) is 5.75 Å². The largest absolute Gasteiger partial charge is 0.423 e. The molecule has 3 rings (SSSR count). The van der Waals surface area contributed by atoms with E-state index in [1.54, 1.807) is 48.5 Å². The first-order chi connectivity index (χ1) is 13.8. The first-order valence-electron chi connectivity index (χ1n) is 8.84. The lowest BCUT2D eigenvalue weighted by Crippen LogP contribution is -2.18. The highest BCUT2D eigenvalue weighted by Crippen LogP contribution is 2.15. The summed E-state index contributed by atoms with van der Waals surface area (Å²) in [6.45, 7) is 3.72. The number of aryl methyl sites for hydroxylation is 2. The number of hydrazone groups is 1. The Hall–Kier alpha value is -3.45. The van der Waals surface area contributed by atoms with Crippen molar-refractivity contribution in [3.05, 3.63) is 95.1 Å². The Bertz CT molecular complexity index is 1140. The van der Waals surface area contributed by atoms with Crippen LogP contribution in [0.25, 0.3) is 0 Å². The summed E-state index contributed by atoms with van der Waals surface area (Å²) in [6.07, 6.45) is 1.37. The molecule has 0 aliphatic heterocycles. The van der Waals surface area contributed by atoms with Crippen LogP contribution in [-0.2, 0) is 10.0 Å². The second kappa shape index (κ2) is 8.70. The lowest BCUT2D eigenvalue weighted by molar-refractivity contribution is 0.0734. The Labute approximate surface area is 169 Å². The van der Waals surface area contributed by atoms with E-state index in [1.807, 2.05) is 26.0 Å². The van der Waals surface area contributed by atoms with Crippen LogP contribution >= 0.6 is 0 Å². The van der Waals surface area contributed by atoms with Crippen molar-refractivity contribution in [2.24, 2.45) is 5.10 Å². The van der Waals surface area contributed by atoms with Gasteiger partial charge in [-0.2, -0.15) is 13.5 Å². The van der Waals surface area contributed by atoms with Crippen LogP contribution in [0.1, 0.15) is 27.0 Å². The molecule has 7 heteroatoms. The fraction of sp³-hybridized carbons (Fsp3) is 0.0909. The Morgan fingerprint density at radius 1 is 0.931 bits per heavy atom. The van der Waals surface area contributed by atoms with E-state index < -0.39 is 16.0 Å². The molecule has 0 saturated heterocycles. The van der Waals surface area contributed by atoms with Crippen LogP contribution < -0.4 is 9.57 Å². The molecule has 0 fully saturated rings. The van der Waals surface area contributed by atoms with Gasteiger partial charge in [0.05, 0.1) is 16.7 Å². The molecule has 1 N–H and O–H groups in total. The highest BCUT2D eigenvalue weighted by atomic mass is 32.2. The number of hydrogen-bond acceptors (Lipinski definition) is 5. The topological polar surface area (TPSA) is 84.8 Å². The van der Waals surface area contributed by atoms with Crippen LogP contribution in [0.2, 0.25) is 0 Å². The highest BCUT2D eigenvalue weighted by molar-refractivity contribution is 7.89. The maximum Gasteiger partial charge on any atom is 0.343 e. The first-order valence-corrected chi connectivity index (χ1v) is 10.3. The van der Waals surface area contributed by atoms with Crippen LogP contribution in [0.5, 0.6) is 5.75 Å². The smallest absolute Gasteiger partial charge is 0.343 e. The third-order valence-corrected chi connectivity index (χ3v) is 5.41. The van der Waals surface area contributed by atoms with Crippen molar-refractivity contribution in [3.8, 4) is 5.75 Å².